The zero-order chi connectivity index (χ0) is 10.6. The van der Waals surface area contributed by atoms with Crippen molar-refractivity contribution in [3.63, 3.8) is 0 Å². The van der Waals surface area contributed by atoms with Gasteiger partial charge in [0.15, 0.2) is 6.79 Å². The Morgan fingerprint density at radius 2 is 2.29 bits per heavy atom. The van der Waals surface area contributed by atoms with Crippen LogP contribution >= 0.6 is 0 Å². The zero-order valence-electron chi connectivity index (χ0n) is 7.40. The molecular weight excluding hydrogens is 193 g/mol. The van der Waals surface area contributed by atoms with Gasteiger partial charge in [0.2, 0.25) is 11.6 Å². The highest BCUT2D eigenvalue weighted by atomic mass is 19.1. The highest BCUT2D eigenvalue weighted by Gasteiger charge is 2.20. The molecule has 0 bridgehead atoms. The Morgan fingerprint density at radius 1 is 1.57 bits per heavy atom. The van der Waals surface area contributed by atoms with Gasteiger partial charge in [-0.3, -0.25) is 10.1 Å². The molecule has 14 heavy (non-hydrogen) atoms. The first-order chi connectivity index (χ1) is 6.66. The van der Waals surface area contributed by atoms with Gasteiger partial charge in [0.05, 0.1) is 4.92 Å². The summed E-state index contributed by atoms with van der Waals surface area (Å²) in [6.45, 7) is -0.162. The summed E-state index contributed by atoms with van der Waals surface area (Å²) in [5, 5.41) is 10.5. The zero-order valence-corrected chi connectivity index (χ0v) is 7.40. The molecule has 5 nitrogen and oxygen atoms in total. The SMILES string of the molecule is COCOc1cccc(F)c1[N+](=O)[O-]. The average molecular weight is 201 g/mol. The largest absolute Gasteiger partial charge is 0.460 e. The van der Waals surface area contributed by atoms with Gasteiger partial charge in [-0.2, -0.15) is 4.39 Å². The second kappa shape index (κ2) is 4.52. The van der Waals surface area contributed by atoms with Crippen LogP contribution in [0.1, 0.15) is 0 Å². The summed E-state index contributed by atoms with van der Waals surface area (Å²) in [5.74, 6) is -1.07. The van der Waals surface area contributed by atoms with Crippen LogP contribution in [-0.2, 0) is 4.74 Å². The lowest BCUT2D eigenvalue weighted by molar-refractivity contribution is -0.388. The van der Waals surface area contributed by atoms with Gasteiger partial charge >= 0.3 is 5.69 Å². The van der Waals surface area contributed by atoms with Gasteiger partial charge in [-0.15, -0.1) is 0 Å². The topological polar surface area (TPSA) is 61.6 Å². The van der Waals surface area contributed by atoms with Crippen LogP contribution in [0.4, 0.5) is 10.1 Å². The normalized spacial score (nSPS) is 9.86. The minimum atomic E-state index is -0.927. The van der Waals surface area contributed by atoms with Crippen molar-refractivity contribution < 1.29 is 18.8 Å². The van der Waals surface area contributed by atoms with E-state index >= 15 is 0 Å². The lowest BCUT2D eigenvalue weighted by Gasteiger charge is -2.04. The number of hydrogen-bond acceptors (Lipinski definition) is 4. The third-order valence-corrected chi connectivity index (χ3v) is 1.46. The molecule has 0 saturated carbocycles. The van der Waals surface area contributed by atoms with Gasteiger partial charge in [-0.25, -0.2) is 0 Å². The van der Waals surface area contributed by atoms with Crippen molar-refractivity contribution in [1.29, 1.82) is 0 Å². The molecule has 6 heteroatoms. The van der Waals surface area contributed by atoms with Crippen LogP contribution in [0.3, 0.4) is 0 Å². The number of nitrogens with zero attached hydrogens (tertiary/aromatic N) is 1. The summed E-state index contributed by atoms with van der Waals surface area (Å²) in [6.07, 6.45) is 0. The molecule has 0 aliphatic heterocycles. The maximum Gasteiger partial charge on any atom is 0.346 e. The summed E-state index contributed by atoms with van der Waals surface area (Å²) in [7, 11) is 1.37. The van der Waals surface area contributed by atoms with E-state index in [9.17, 15) is 14.5 Å². The molecule has 0 atom stereocenters. The van der Waals surface area contributed by atoms with Crippen LogP contribution in [0.5, 0.6) is 5.75 Å². The van der Waals surface area contributed by atoms with E-state index in [0.717, 1.165) is 6.07 Å². The van der Waals surface area contributed by atoms with Crippen molar-refractivity contribution in [3.8, 4) is 5.75 Å². The monoisotopic (exact) mass is 201 g/mol. The molecule has 0 aliphatic rings. The highest BCUT2D eigenvalue weighted by Crippen LogP contribution is 2.29. The molecule has 0 aromatic heterocycles. The summed E-state index contributed by atoms with van der Waals surface area (Å²) >= 11 is 0. The molecule has 0 aliphatic carbocycles. The Hall–Kier alpha value is -1.69. The number of nitro benzene ring substituents is 1. The Kier molecular flexibility index (Phi) is 3.35. The predicted molar refractivity (Wildman–Crippen MR) is 45.6 cm³/mol. The molecule has 1 aromatic rings. The Bertz CT molecular complexity index is 342. The third kappa shape index (κ3) is 2.17. The number of para-hydroxylation sites is 1. The van der Waals surface area contributed by atoms with Gasteiger partial charge < -0.3 is 9.47 Å². The number of halogens is 1. The smallest absolute Gasteiger partial charge is 0.346 e. The molecule has 1 rings (SSSR count). The van der Waals surface area contributed by atoms with Gasteiger partial charge in [-0.05, 0) is 12.1 Å². The molecule has 76 valence electrons. The van der Waals surface area contributed by atoms with Crippen molar-refractivity contribution >= 4 is 5.69 Å². The molecule has 0 fully saturated rings. The minimum Gasteiger partial charge on any atom is -0.460 e. The summed E-state index contributed by atoms with van der Waals surface area (Å²) < 4.78 is 22.3. The average Bonchev–Trinajstić information content (AvgIpc) is 2.14. The first-order valence-electron chi connectivity index (χ1n) is 3.71. The number of hydrogen-bond donors (Lipinski definition) is 0. The first-order valence-corrected chi connectivity index (χ1v) is 3.71. The molecule has 1 aromatic carbocycles. The van der Waals surface area contributed by atoms with Crippen LogP contribution in [0.2, 0.25) is 0 Å². The lowest BCUT2D eigenvalue weighted by atomic mass is 10.3. The maximum atomic E-state index is 13.0. The number of methoxy groups -OCH3 is 1. The first kappa shape index (κ1) is 10.4. The standard InChI is InChI=1S/C8H8FNO4/c1-13-5-14-7-4-2-3-6(9)8(7)10(11)12/h2-4H,5H2,1H3. The number of nitro groups is 1. The van der Waals surface area contributed by atoms with Gasteiger partial charge in [0, 0.05) is 7.11 Å². The molecule has 0 saturated heterocycles. The van der Waals surface area contributed by atoms with Gasteiger partial charge in [-0.1, -0.05) is 6.07 Å². The van der Waals surface area contributed by atoms with Crippen LogP contribution in [0.15, 0.2) is 18.2 Å². The minimum absolute atomic E-state index is 0.142. The van der Waals surface area contributed by atoms with E-state index in [2.05, 4.69) is 4.74 Å². The molecular formula is C8H8FNO4. The van der Waals surface area contributed by atoms with Crippen LogP contribution in [-0.4, -0.2) is 18.8 Å². The van der Waals surface area contributed by atoms with E-state index in [1.165, 1.54) is 19.2 Å². The fourth-order valence-electron chi connectivity index (χ4n) is 0.912. The van der Waals surface area contributed by atoms with Crippen molar-refractivity contribution in [2.45, 2.75) is 0 Å². The molecule has 0 amide bonds. The Morgan fingerprint density at radius 3 is 2.86 bits per heavy atom. The highest BCUT2D eigenvalue weighted by molar-refractivity contribution is 5.47. The van der Waals surface area contributed by atoms with E-state index < -0.39 is 16.4 Å². The quantitative estimate of drug-likeness (QED) is 0.422. The van der Waals surface area contributed by atoms with Crippen molar-refractivity contribution in [1.82, 2.24) is 0 Å². The van der Waals surface area contributed by atoms with Crippen LogP contribution in [0.25, 0.3) is 0 Å². The molecule has 0 unspecified atom stereocenters. The van der Waals surface area contributed by atoms with E-state index in [0.29, 0.717) is 0 Å². The van der Waals surface area contributed by atoms with E-state index in [-0.39, 0.29) is 12.5 Å². The van der Waals surface area contributed by atoms with E-state index in [1.54, 1.807) is 0 Å². The Labute approximate surface area is 79.2 Å². The van der Waals surface area contributed by atoms with E-state index in [1.807, 2.05) is 0 Å². The lowest BCUT2D eigenvalue weighted by Crippen LogP contribution is -2.03. The maximum absolute atomic E-state index is 13.0. The second-order valence-electron chi connectivity index (χ2n) is 2.39. The fraction of sp³-hybridized carbons (Fsp3) is 0.250. The summed E-state index contributed by atoms with van der Waals surface area (Å²) in [6, 6.07) is 3.63. The van der Waals surface area contributed by atoms with Crippen molar-refractivity contribution in [2.75, 3.05) is 13.9 Å². The molecule has 0 heterocycles. The van der Waals surface area contributed by atoms with Gasteiger partial charge in [0.1, 0.15) is 0 Å². The number of benzene rings is 1. The van der Waals surface area contributed by atoms with Crippen molar-refractivity contribution in [3.05, 3.63) is 34.1 Å². The van der Waals surface area contributed by atoms with E-state index in [4.69, 9.17) is 4.74 Å². The van der Waals surface area contributed by atoms with Crippen LogP contribution in [0, 0.1) is 15.9 Å². The number of ether oxygens (including phenoxy) is 2. The fourth-order valence-corrected chi connectivity index (χ4v) is 0.912. The van der Waals surface area contributed by atoms with Crippen molar-refractivity contribution in [2.24, 2.45) is 0 Å². The Balaban J connectivity index is 3.02. The molecule has 0 N–H and O–H groups in total. The summed E-state index contributed by atoms with van der Waals surface area (Å²) in [5.41, 5.74) is -0.676. The predicted octanol–water partition coefficient (Wildman–Crippen LogP) is 1.72. The molecule has 0 radical (unpaired) electrons. The second-order valence-corrected chi connectivity index (χ2v) is 2.39. The number of rotatable bonds is 4. The summed E-state index contributed by atoms with van der Waals surface area (Å²) in [4.78, 5) is 9.62. The van der Waals surface area contributed by atoms with Gasteiger partial charge in [0.25, 0.3) is 0 Å². The third-order valence-electron chi connectivity index (χ3n) is 1.46. The van der Waals surface area contributed by atoms with Crippen LogP contribution < -0.4 is 4.74 Å². The molecule has 0 spiro atoms.